The van der Waals surface area contributed by atoms with E-state index in [2.05, 4.69) is 26.3 Å². The number of amides is 1. The molecule has 2 aromatic rings. The van der Waals surface area contributed by atoms with Crippen molar-refractivity contribution >= 4 is 27.5 Å². The molecule has 0 radical (unpaired) electrons. The fraction of sp³-hybridized carbons (Fsp3) is 0.412. The predicted molar refractivity (Wildman–Crippen MR) is 101 cm³/mol. The largest absolute Gasteiger partial charge is 0.436 e. The summed E-state index contributed by atoms with van der Waals surface area (Å²) in [4.78, 5) is 22.6. The van der Waals surface area contributed by atoms with Crippen LogP contribution in [0.15, 0.2) is 28.7 Å². The van der Waals surface area contributed by atoms with E-state index in [1.165, 1.54) is 26.0 Å². The Kier molecular flexibility index (Phi) is 7.21. The van der Waals surface area contributed by atoms with Crippen LogP contribution < -0.4 is 5.32 Å². The van der Waals surface area contributed by atoms with Crippen molar-refractivity contribution in [3.05, 3.63) is 55.8 Å². The summed E-state index contributed by atoms with van der Waals surface area (Å²) in [5.74, 6) is -0.790. The number of hydrogen-bond donors (Lipinski definition) is 3. The number of aromatic nitrogens is 2. The minimum absolute atomic E-state index is 0.0708. The highest BCUT2D eigenvalue weighted by atomic mass is 79.9. The SMILES string of the molecule is Cc1c(Br)c(C(F)(F)F)nn1C(C)C(=O)NC(CO)C(O)c1ccc([N+](=O)[O-])cc1. The van der Waals surface area contributed by atoms with Crippen molar-refractivity contribution in [2.75, 3.05) is 6.61 Å². The van der Waals surface area contributed by atoms with Crippen molar-refractivity contribution < 1.29 is 33.1 Å². The lowest BCUT2D eigenvalue weighted by Crippen LogP contribution is -2.44. The maximum Gasteiger partial charge on any atom is 0.436 e. The Bertz CT molecular complexity index is 933. The Morgan fingerprint density at radius 1 is 1.37 bits per heavy atom. The molecule has 0 aliphatic carbocycles. The highest BCUT2D eigenvalue weighted by molar-refractivity contribution is 9.10. The van der Waals surface area contributed by atoms with Gasteiger partial charge in [-0.3, -0.25) is 19.6 Å². The molecule has 0 fully saturated rings. The fourth-order valence-electron chi connectivity index (χ4n) is 2.72. The number of benzene rings is 1. The Labute approximate surface area is 176 Å². The first-order valence-electron chi connectivity index (χ1n) is 8.53. The molecule has 0 saturated carbocycles. The lowest BCUT2D eigenvalue weighted by atomic mass is 10.0. The molecule has 3 unspecified atom stereocenters. The van der Waals surface area contributed by atoms with Gasteiger partial charge in [0.05, 0.1) is 27.7 Å². The zero-order chi connectivity index (χ0) is 22.8. The number of aliphatic hydroxyl groups is 2. The second-order valence-corrected chi connectivity index (χ2v) is 7.25. The highest BCUT2D eigenvalue weighted by Crippen LogP contribution is 2.36. The third kappa shape index (κ3) is 4.96. The van der Waals surface area contributed by atoms with Gasteiger partial charge in [-0.05, 0) is 47.5 Å². The van der Waals surface area contributed by atoms with Gasteiger partial charge in [-0.2, -0.15) is 18.3 Å². The Balaban J connectivity index is 2.19. The first-order valence-corrected chi connectivity index (χ1v) is 9.33. The summed E-state index contributed by atoms with van der Waals surface area (Å²) in [5.41, 5.74) is -1.11. The number of halogens is 4. The summed E-state index contributed by atoms with van der Waals surface area (Å²) >= 11 is 2.83. The summed E-state index contributed by atoms with van der Waals surface area (Å²) in [6, 6.07) is 2.46. The zero-order valence-corrected chi connectivity index (χ0v) is 17.3. The van der Waals surface area contributed by atoms with E-state index in [-0.39, 0.29) is 21.4 Å². The van der Waals surface area contributed by atoms with Crippen molar-refractivity contribution in [2.24, 2.45) is 0 Å². The standard InChI is InChI=1S/C17H18BrF3N4O5/c1-8-13(18)15(17(19,20)21)23-24(8)9(2)16(28)22-12(7-26)14(27)10-3-5-11(6-4-10)25(29)30/h3-6,9,12,14,26-27H,7H2,1-2H3,(H,22,28). The van der Waals surface area contributed by atoms with Crippen LogP contribution in [0.3, 0.4) is 0 Å². The smallest absolute Gasteiger partial charge is 0.394 e. The van der Waals surface area contributed by atoms with Crippen molar-refractivity contribution in [3.63, 3.8) is 0 Å². The van der Waals surface area contributed by atoms with Crippen LogP contribution in [-0.4, -0.2) is 43.5 Å². The number of nitrogens with zero attached hydrogens (tertiary/aromatic N) is 3. The number of alkyl halides is 3. The number of aliphatic hydroxyl groups excluding tert-OH is 2. The van der Waals surface area contributed by atoms with Crippen molar-refractivity contribution in [1.82, 2.24) is 15.1 Å². The molecule has 0 saturated heterocycles. The Morgan fingerprint density at radius 3 is 2.37 bits per heavy atom. The molecule has 0 bridgehead atoms. The van der Waals surface area contributed by atoms with E-state index in [0.717, 1.165) is 16.8 Å². The van der Waals surface area contributed by atoms with E-state index in [1.54, 1.807) is 0 Å². The Morgan fingerprint density at radius 2 is 1.93 bits per heavy atom. The van der Waals surface area contributed by atoms with E-state index in [4.69, 9.17) is 0 Å². The molecular formula is C17H18BrF3N4O5. The summed E-state index contributed by atoms with van der Waals surface area (Å²) in [5, 5.41) is 36.5. The average molecular weight is 495 g/mol. The van der Waals surface area contributed by atoms with Gasteiger partial charge in [-0.25, -0.2) is 0 Å². The molecule has 0 spiro atoms. The van der Waals surface area contributed by atoms with Gasteiger partial charge in [-0.1, -0.05) is 0 Å². The van der Waals surface area contributed by atoms with Gasteiger partial charge >= 0.3 is 6.18 Å². The monoisotopic (exact) mass is 494 g/mol. The first-order chi connectivity index (χ1) is 13.9. The van der Waals surface area contributed by atoms with E-state index < -0.39 is 47.5 Å². The van der Waals surface area contributed by atoms with Crippen LogP contribution in [0.1, 0.15) is 36.0 Å². The molecule has 1 amide bonds. The maximum atomic E-state index is 13.0. The van der Waals surface area contributed by atoms with Crippen molar-refractivity contribution in [1.29, 1.82) is 0 Å². The second kappa shape index (κ2) is 9.10. The molecule has 3 N–H and O–H groups in total. The van der Waals surface area contributed by atoms with E-state index in [1.807, 2.05) is 0 Å². The average Bonchev–Trinajstić information content (AvgIpc) is 3.00. The number of hydrogen-bond acceptors (Lipinski definition) is 6. The molecule has 1 aromatic heterocycles. The maximum absolute atomic E-state index is 13.0. The number of nitro groups is 1. The van der Waals surface area contributed by atoms with Gasteiger partial charge in [-0.15, -0.1) is 0 Å². The number of nitrogens with one attached hydrogen (secondary N) is 1. The lowest BCUT2D eigenvalue weighted by Gasteiger charge is -2.24. The van der Waals surface area contributed by atoms with E-state index in [9.17, 15) is 38.3 Å². The van der Waals surface area contributed by atoms with Gasteiger partial charge in [0.1, 0.15) is 12.1 Å². The molecule has 13 heteroatoms. The lowest BCUT2D eigenvalue weighted by molar-refractivity contribution is -0.384. The molecule has 164 valence electrons. The van der Waals surface area contributed by atoms with Crippen LogP contribution in [0.4, 0.5) is 18.9 Å². The number of rotatable bonds is 7. The highest BCUT2D eigenvalue weighted by Gasteiger charge is 2.39. The Hall–Kier alpha value is -2.51. The van der Waals surface area contributed by atoms with Crippen LogP contribution in [0.2, 0.25) is 0 Å². The summed E-state index contributed by atoms with van der Waals surface area (Å²) in [6.45, 7) is 1.98. The normalized spacial score (nSPS) is 14.8. The summed E-state index contributed by atoms with van der Waals surface area (Å²) in [7, 11) is 0. The third-order valence-electron chi connectivity index (χ3n) is 4.44. The van der Waals surface area contributed by atoms with Crippen LogP contribution in [0.5, 0.6) is 0 Å². The molecule has 1 aromatic carbocycles. The van der Waals surface area contributed by atoms with Crippen LogP contribution in [0, 0.1) is 17.0 Å². The van der Waals surface area contributed by atoms with Gasteiger partial charge in [0.15, 0.2) is 5.69 Å². The number of carbonyl (C=O) groups is 1. The van der Waals surface area contributed by atoms with Gasteiger partial charge in [0.25, 0.3) is 5.69 Å². The van der Waals surface area contributed by atoms with Gasteiger partial charge in [0.2, 0.25) is 5.91 Å². The molecule has 9 nitrogen and oxygen atoms in total. The molecule has 1 heterocycles. The number of carbonyl (C=O) groups excluding carboxylic acids is 1. The molecule has 3 atom stereocenters. The van der Waals surface area contributed by atoms with Gasteiger partial charge < -0.3 is 15.5 Å². The minimum atomic E-state index is -4.72. The molecular weight excluding hydrogens is 477 g/mol. The van der Waals surface area contributed by atoms with Crippen LogP contribution in [0.25, 0.3) is 0 Å². The molecule has 0 aliphatic heterocycles. The minimum Gasteiger partial charge on any atom is -0.394 e. The topological polar surface area (TPSA) is 131 Å². The number of non-ortho nitro benzene ring substituents is 1. The summed E-state index contributed by atoms with van der Waals surface area (Å²) in [6.07, 6.45) is -6.13. The number of nitro benzene ring substituents is 1. The van der Waals surface area contributed by atoms with Crippen LogP contribution in [-0.2, 0) is 11.0 Å². The zero-order valence-electron chi connectivity index (χ0n) is 15.7. The second-order valence-electron chi connectivity index (χ2n) is 6.46. The first kappa shape index (κ1) is 23.8. The predicted octanol–water partition coefficient (Wildman–Crippen LogP) is 2.65. The van der Waals surface area contributed by atoms with Crippen LogP contribution >= 0.6 is 15.9 Å². The van der Waals surface area contributed by atoms with E-state index in [0.29, 0.717) is 0 Å². The fourth-order valence-corrected chi connectivity index (χ4v) is 3.21. The van der Waals surface area contributed by atoms with E-state index >= 15 is 0 Å². The quantitative estimate of drug-likeness (QED) is 0.400. The third-order valence-corrected chi connectivity index (χ3v) is 5.39. The van der Waals surface area contributed by atoms with Crippen molar-refractivity contribution in [2.45, 2.75) is 38.2 Å². The molecule has 0 aliphatic rings. The summed E-state index contributed by atoms with van der Waals surface area (Å²) < 4.78 is 39.7. The molecule has 2 rings (SSSR count). The molecule has 30 heavy (non-hydrogen) atoms. The van der Waals surface area contributed by atoms with Crippen molar-refractivity contribution in [3.8, 4) is 0 Å². The van der Waals surface area contributed by atoms with Gasteiger partial charge in [0, 0.05) is 12.1 Å².